The molecule has 0 bridgehead atoms. The molecule has 2 aromatic carbocycles. The molecule has 3 aromatic rings. The van der Waals surface area contributed by atoms with Crippen LogP contribution in [0.2, 0.25) is 10.0 Å². The summed E-state index contributed by atoms with van der Waals surface area (Å²) in [6.45, 7) is 3.62. The van der Waals surface area contributed by atoms with Crippen LogP contribution < -0.4 is 0 Å². The summed E-state index contributed by atoms with van der Waals surface area (Å²) in [5.74, 6) is 0.690. The molecule has 0 amide bonds. The summed E-state index contributed by atoms with van der Waals surface area (Å²) in [6.07, 6.45) is -0.953. The van der Waals surface area contributed by atoms with Crippen LogP contribution in [0.3, 0.4) is 0 Å². The van der Waals surface area contributed by atoms with Crippen molar-refractivity contribution in [3.8, 4) is 16.9 Å². The van der Waals surface area contributed by atoms with Crippen LogP contribution in [-0.2, 0) is 0 Å². The van der Waals surface area contributed by atoms with Crippen LogP contribution in [0.25, 0.3) is 11.1 Å². The van der Waals surface area contributed by atoms with Crippen LogP contribution in [0.1, 0.15) is 28.7 Å². The van der Waals surface area contributed by atoms with Gasteiger partial charge in [-0.25, -0.2) is 0 Å². The Morgan fingerprint density at radius 2 is 1.75 bits per heavy atom. The first-order valence-corrected chi connectivity index (χ1v) is 8.02. The van der Waals surface area contributed by atoms with Gasteiger partial charge in [0.15, 0.2) is 0 Å². The molecule has 3 rings (SSSR count). The predicted molar refractivity (Wildman–Crippen MR) is 93.6 cm³/mol. The Kier molecular flexibility index (Phi) is 4.54. The maximum atomic E-state index is 10.6. The smallest absolute Gasteiger partial charge is 0.141 e. The lowest BCUT2D eigenvalue weighted by Gasteiger charge is -2.14. The molecule has 0 radical (unpaired) electrons. The van der Waals surface area contributed by atoms with Gasteiger partial charge in [0.1, 0.15) is 17.6 Å². The maximum Gasteiger partial charge on any atom is 0.141 e. The molecule has 1 heterocycles. The predicted octanol–water partition coefficient (Wildman–Crippen LogP) is 5.05. The molecule has 0 aliphatic carbocycles. The van der Waals surface area contributed by atoms with Gasteiger partial charge in [-0.3, -0.25) is 0 Å². The minimum absolute atomic E-state index is 0.0432. The molecule has 2 N–H and O–H groups in total. The molecular formula is C18H15Cl2NO3. The number of aromatic nitrogens is 1. The number of nitrogens with zero attached hydrogens (tertiary/aromatic N) is 1. The second-order valence-corrected chi connectivity index (χ2v) is 6.40. The number of aliphatic hydroxyl groups is 1. The zero-order valence-corrected chi connectivity index (χ0v) is 14.6. The summed E-state index contributed by atoms with van der Waals surface area (Å²) in [7, 11) is 0. The minimum atomic E-state index is -0.953. The van der Waals surface area contributed by atoms with E-state index in [9.17, 15) is 10.2 Å². The molecule has 0 aliphatic heterocycles. The highest BCUT2D eigenvalue weighted by atomic mass is 35.5. The molecule has 6 heteroatoms. The number of phenolic OH excluding ortho intramolecular Hbond substituents is 1. The van der Waals surface area contributed by atoms with Crippen LogP contribution in [0.4, 0.5) is 0 Å². The zero-order valence-electron chi connectivity index (χ0n) is 13.0. The van der Waals surface area contributed by atoms with Crippen LogP contribution in [0.5, 0.6) is 5.75 Å². The quantitative estimate of drug-likeness (QED) is 0.682. The van der Waals surface area contributed by atoms with Crippen molar-refractivity contribution < 1.29 is 14.7 Å². The molecule has 1 unspecified atom stereocenters. The van der Waals surface area contributed by atoms with Gasteiger partial charge in [0.05, 0.1) is 15.7 Å². The Labute approximate surface area is 149 Å². The summed E-state index contributed by atoms with van der Waals surface area (Å²) in [5, 5.41) is 25.4. The van der Waals surface area contributed by atoms with Crippen LogP contribution in [0, 0.1) is 13.8 Å². The van der Waals surface area contributed by atoms with Crippen molar-refractivity contribution in [3.63, 3.8) is 0 Å². The molecule has 0 saturated heterocycles. The molecule has 0 spiro atoms. The van der Waals surface area contributed by atoms with E-state index in [0.29, 0.717) is 32.6 Å². The number of hydrogen-bond donors (Lipinski definition) is 2. The minimum Gasteiger partial charge on any atom is -0.508 e. The Balaban J connectivity index is 2.07. The highest BCUT2D eigenvalue weighted by Crippen LogP contribution is 2.35. The summed E-state index contributed by atoms with van der Waals surface area (Å²) < 4.78 is 5.18. The second-order valence-electron chi connectivity index (χ2n) is 5.59. The van der Waals surface area contributed by atoms with Crippen molar-refractivity contribution in [2.75, 3.05) is 0 Å². The van der Waals surface area contributed by atoms with E-state index in [-0.39, 0.29) is 5.75 Å². The van der Waals surface area contributed by atoms with Crippen LogP contribution in [-0.4, -0.2) is 15.4 Å². The van der Waals surface area contributed by atoms with E-state index in [0.717, 1.165) is 11.1 Å². The van der Waals surface area contributed by atoms with Gasteiger partial charge in [-0.2, -0.15) is 0 Å². The lowest BCUT2D eigenvalue weighted by Crippen LogP contribution is -2.00. The fourth-order valence-electron chi connectivity index (χ4n) is 2.71. The van der Waals surface area contributed by atoms with Crippen molar-refractivity contribution in [2.24, 2.45) is 0 Å². The normalized spacial score (nSPS) is 12.4. The average molecular weight is 364 g/mol. The number of aromatic hydroxyl groups is 1. The lowest BCUT2D eigenvalue weighted by atomic mass is 9.96. The molecule has 4 nitrogen and oxygen atoms in total. The third kappa shape index (κ3) is 3.13. The van der Waals surface area contributed by atoms with Crippen molar-refractivity contribution in [1.29, 1.82) is 0 Å². The summed E-state index contributed by atoms with van der Waals surface area (Å²) >= 11 is 11.9. The average Bonchev–Trinajstić information content (AvgIpc) is 2.87. The molecule has 1 aromatic heterocycles. The van der Waals surface area contributed by atoms with Gasteiger partial charge in [0, 0.05) is 5.56 Å². The van der Waals surface area contributed by atoms with Gasteiger partial charge < -0.3 is 14.7 Å². The largest absolute Gasteiger partial charge is 0.508 e. The third-order valence-corrected chi connectivity index (χ3v) is 4.58. The van der Waals surface area contributed by atoms with Gasteiger partial charge in [0.2, 0.25) is 0 Å². The Bertz CT molecular complexity index is 886. The fraction of sp³-hybridized carbons (Fsp3) is 0.167. The van der Waals surface area contributed by atoms with E-state index < -0.39 is 6.10 Å². The van der Waals surface area contributed by atoms with Crippen molar-refractivity contribution in [1.82, 2.24) is 5.16 Å². The Morgan fingerprint density at radius 3 is 2.38 bits per heavy atom. The highest BCUT2D eigenvalue weighted by molar-refractivity contribution is 6.42. The molecule has 0 saturated carbocycles. The zero-order chi connectivity index (χ0) is 17.4. The third-order valence-electron chi connectivity index (χ3n) is 3.84. The fourth-order valence-corrected chi connectivity index (χ4v) is 3.01. The Hall–Kier alpha value is -2.01. The topological polar surface area (TPSA) is 66.5 Å². The number of rotatable bonds is 3. The number of halogens is 2. The highest BCUT2D eigenvalue weighted by Gasteiger charge is 2.17. The molecule has 0 fully saturated rings. The van der Waals surface area contributed by atoms with E-state index in [1.807, 2.05) is 6.92 Å². The second kappa shape index (κ2) is 6.48. The van der Waals surface area contributed by atoms with Gasteiger partial charge >= 0.3 is 0 Å². The first kappa shape index (κ1) is 16.8. The van der Waals surface area contributed by atoms with Crippen LogP contribution >= 0.6 is 23.2 Å². The maximum absolute atomic E-state index is 10.6. The van der Waals surface area contributed by atoms with E-state index in [2.05, 4.69) is 5.16 Å². The standard InChI is InChI=1S/C18H15Cl2NO3/c1-9-17(10(2)24-21-9)12-5-13(7-14(22)6-12)18(23)11-3-4-15(19)16(20)8-11/h3-8,18,22-23H,1-2H3. The summed E-state index contributed by atoms with van der Waals surface area (Å²) in [5.41, 5.74) is 3.35. The van der Waals surface area contributed by atoms with Crippen molar-refractivity contribution in [2.45, 2.75) is 20.0 Å². The Morgan fingerprint density at radius 1 is 1.00 bits per heavy atom. The number of benzene rings is 2. The molecule has 1 atom stereocenters. The molecular weight excluding hydrogens is 349 g/mol. The van der Waals surface area contributed by atoms with E-state index in [4.69, 9.17) is 27.7 Å². The SMILES string of the molecule is Cc1noc(C)c1-c1cc(O)cc(C(O)c2ccc(Cl)c(Cl)c2)c1. The number of phenols is 1. The van der Waals surface area contributed by atoms with E-state index in [1.165, 1.54) is 6.07 Å². The van der Waals surface area contributed by atoms with Gasteiger partial charge in [-0.05, 0) is 60.9 Å². The molecule has 0 aliphatic rings. The first-order chi connectivity index (χ1) is 11.4. The van der Waals surface area contributed by atoms with Crippen molar-refractivity contribution >= 4 is 23.2 Å². The number of aryl methyl sites for hydroxylation is 2. The van der Waals surface area contributed by atoms with Gasteiger partial charge in [-0.15, -0.1) is 0 Å². The first-order valence-electron chi connectivity index (χ1n) is 7.27. The monoisotopic (exact) mass is 363 g/mol. The molecule has 124 valence electrons. The van der Waals surface area contributed by atoms with Crippen LogP contribution in [0.15, 0.2) is 40.9 Å². The van der Waals surface area contributed by atoms with E-state index in [1.54, 1.807) is 37.3 Å². The van der Waals surface area contributed by atoms with E-state index >= 15 is 0 Å². The van der Waals surface area contributed by atoms with Gasteiger partial charge in [-0.1, -0.05) is 34.4 Å². The van der Waals surface area contributed by atoms with Crippen molar-refractivity contribution in [3.05, 3.63) is 69.0 Å². The van der Waals surface area contributed by atoms with Gasteiger partial charge in [0.25, 0.3) is 0 Å². The summed E-state index contributed by atoms with van der Waals surface area (Å²) in [6, 6.07) is 9.83. The number of hydrogen-bond acceptors (Lipinski definition) is 4. The summed E-state index contributed by atoms with van der Waals surface area (Å²) in [4.78, 5) is 0. The number of aliphatic hydroxyl groups excluding tert-OH is 1. The molecule has 24 heavy (non-hydrogen) atoms. The lowest BCUT2D eigenvalue weighted by molar-refractivity contribution is 0.220.